The molecule has 2 heterocycles. The van der Waals surface area contributed by atoms with Gasteiger partial charge < -0.3 is 10.2 Å². The fourth-order valence-electron chi connectivity index (χ4n) is 16.9. The van der Waals surface area contributed by atoms with E-state index in [9.17, 15) is 28.2 Å². The molecule has 16 atom stereocenters. The van der Waals surface area contributed by atoms with Crippen molar-refractivity contribution in [2.75, 3.05) is 12.5 Å². The Bertz CT molecular complexity index is 2100. The largest absolute Gasteiger partial charge is 0.390 e. The van der Waals surface area contributed by atoms with Crippen molar-refractivity contribution in [3.8, 4) is 0 Å². The van der Waals surface area contributed by atoms with Crippen LogP contribution in [0.3, 0.4) is 0 Å². The SMILES string of the molecule is CSc1cnn(CC(=O)[C@H]2CC[C@H]3[C@@H]4CC[C@@H]5C[C@](C)(O)CC[C@@H]5[C@H]4CC[C@]23C)c1.C[C@@]1(O)CC[C@H]2[C@H](CC[C@@H]3[C@@H]2CC[C@]2(C)[C@@H](C(=O)Cn4cc(S(C)(=O)=O)cn4)CC[C@@H]32)C1. The number of aliphatic hydroxyl groups is 2. The predicted octanol–water partition coefficient (Wildman–Crippen LogP) is 9.07. The second-order valence-corrected chi connectivity index (χ2v) is 26.3. The van der Waals surface area contributed by atoms with Crippen LogP contribution >= 0.6 is 11.8 Å². The average molecular weight is 893 g/mol. The first-order chi connectivity index (χ1) is 29.3. The quantitative estimate of drug-likeness (QED) is 0.248. The van der Waals surface area contributed by atoms with E-state index in [1.54, 1.807) is 11.8 Å². The topological polar surface area (TPSA) is 144 Å². The third kappa shape index (κ3) is 8.37. The number of rotatable bonds is 8. The van der Waals surface area contributed by atoms with E-state index < -0.39 is 21.0 Å². The zero-order valence-corrected chi connectivity index (χ0v) is 40.1. The molecule has 0 amide bonds. The van der Waals surface area contributed by atoms with Crippen LogP contribution < -0.4 is 0 Å². The number of ketones is 2. The minimum atomic E-state index is -3.31. The van der Waals surface area contributed by atoms with Gasteiger partial charge in [0.25, 0.3) is 0 Å². The van der Waals surface area contributed by atoms with Crippen LogP contribution in [0.5, 0.6) is 0 Å². The minimum Gasteiger partial charge on any atom is -0.390 e. The molecule has 12 heteroatoms. The van der Waals surface area contributed by atoms with Gasteiger partial charge in [-0.25, -0.2) is 8.42 Å². The van der Waals surface area contributed by atoms with Gasteiger partial charge in [0.05, 0.1) is 36.7 Å². The first-order valence-corrected chi connectivity index (χ1v) is 27.7. The second-order valence-electron chi connectivity index (χ2n) is 23.4. The van der Waals surface area contributed by atoms with E-state index in [4.69, 9.17) is 0 Å². The number of nitrogens with zero attached hydrogens (tertiary/aromatic N) is 4. The molecule has 8 fully saturated rings. The summed E-state index contributed by atoms with van der Waals surface area (Å²) in [5.41, 5.74) is -0.685. The maximum absolute atomic E-state index is 13.4. The summed E-state index contributed by atoms with van der Waals surface area (Å²) in [6.45, 7) is 9.45. The van der Waals surface area contributed by atoms with Crippen LogP contribution in [0.4, 0.5) is 0 Å². The van der Waals surface area contributed by atoms with E-state index in [-0.39, 0.29) is 39.9 Å². The molecule has 62 heavy (non-hydrogen) atoms. The van der Waals surface area contributed by atoms with Crippen molar-refractivity contribution in [1.82, 2.24) is 19.6 Å². The number of sulfone groups is 1. The summed E-state index contributed by atoms with van der Waals surface area (Å²) >= 11 is 1.68. The predicted molar refractivity (Wildman–Crippen MR) is 242 cm³/mol. The van der Waals surface area contributed by atoms with Gasteiger partial charge in [0.1, 0.15) is 4.90 Å². The Morgan fingerprint density at radius 2 is 1.08 bits per heavy atom. The molecule has 10 rings (SSSR count). The van der Waals surface area contributed by atoms with Crippen LogP contribution in [0.1, 0.15) is 143 Å². The second kappa shape index (κ2) is 16.7. The van der Waals surface area contributed by atoms with Gasteiger partial charge >= 0.3 is 0 Å². The summed E-state index contributed by atoms with van der Waals surface area (Å²) < 4.78 is 26.8. The maximum Gasteiger partial charge on any atom is 0.178 e. The van der Waals surface area contributed by atoms with Crippen LogP contribution in [-0.4, -0.2) is 73.5 Å². The summed E-state index contributed by atoms with van der Waals surface area (Å²) in [7, 11) is -3.31. The summed E-state index contributed by atoms with van der Waals surface area (Å²) in [6.07, 6.45) is 30.5. The molecule has 0 radical (unpaired) electrons. The van der Waals surface area contributed by atoms with Crippen molar-refractivity contribution in [3.63, 3.8) is 0 Å². The fourth-order valence-corrected chi connectivity index (χ4v) is 17.9. The number of hydrogen-bond acceptors (Lipinski definition) is 9. The van der Waals surface area contributed by atoms with E-state index in [0.717, 1.165) is 104 Å². The Balaban J connectivity index is 0.000000158. The summed E-state index contributed by atoms with van der Waals surface area (Å²) in [5, 5.41) is 29.7. The zero-order valence-electron chi connectivity index (χ0n) is 38.5. The number of carbonyl (C=O) groups is 2. The number of Topliss-reactive ketones (excluding diaryl/α,β-unsaturated/α-hetero) is 2. The number of carbonyl (C=O) groups excluding carboxylic acids is 2. The minimum absolute atomic E-state index is 0.0455. The molecule has 0 aliphatic heterocycles. The highest BCUT2D eigenvalue weighted by molar-refractivity contribution is 7.98. The molecule has 0 bridgehead atoms. The van der Waals surface area contributed by atoms with E-state index in [1.165, 1.54) is 81.1 Å². The summed E-state index contributed by atoms with van der Waals surface area (Å²) in [5.74, 6) is 8.28. The Kier molecular flexibility index (Phi) is 12.2. The number of thioether (sulfide) groups is 1. The lowest BCUT2D eigenvalue weighted by molar-refractivity contribution is -0.133. The molecule has 2 aromatic rings. The lowest BCUT2D eigenvalue weighted by Crippen LogP contribution is -2.51. The van der Waals surface area contributed by atoms with Crippen LogP contribution in [-0.2, 0) is 32.5 Å². The molecule has 2 N–H and O–H groups in total. The van der Waals surface area contributed by atoms with Gasteiger partial charge in [-0.2, -0.15) is 10.2 Å². The molecule has 0 saturated heterocycles. The third-order valence-electron chi connectivity index (χ3n) is 19.8. The van der Waals surface area contributed by atoms with Crippen molar-refractivity contribution in [3.05, 3.63) is 24.8 Å². The molecule has 0 unspecified atom stereocenters. The Morgan fingerprint density at radius 1 is 0.629 bits per heavy atom. The Labute approximate surface area is 375 Å². The Hall–Kier alpha value is -2.02. The standard InChI is InChI=1S/C25H38N2O4S.C25H38N2O2S/c1-24(29)10-8-18-16(12-24)4-5-20-19(18)9-11-25(2)21(20)6-7-22(25)23(28)15-27-14-17(13-26-27)32(3,30)31;1-24(29)10-8-18-16(12-24)4-5-20-19(18)9-11-25(2)21(20)6-7-22(25)23(28)15-27-14-17(30-3)13-26-27/h13-14,16,18-22,29H,4-12,15H2,1-3H3;13-14,16,18-22,29H,4-12,15H2,1-3H3/t2*16-,18+,19-,20-,21+,22-,24-,25+/m11/s1. The summed E-state index contributed by atoms with van der Waals surface area (Å²) in [4.78, 5) is 28.0. The molecule has 0 aromatic carbocycles. The van der Waals surface area contributed by atoms with E-state index in [2.05, 4.69) is 24.0 Å². The Morgan fingerprint density at radius 3 is 1.52 bits per heavy atom. The van der Waals surface area contributed by atoms with E-state index in [1.807, 2.05) is 37.2 Å². The lowest BCUT2D eigenvalue weighted by Gasteiger charge is -2.56. The van der Waals surface area contributed by atoms with Gasteiger partial charge in [-0.1, -0.05) is 13.8 Å². The molecule has 0 spiro atoms. The first-order valence-electron chi connectivity index (χ1n) is 24.6. The van der Waals surface area contributed by atoms with Crippen LogP contribution in [0.25, 0.3) is 0 Å². The molecule has 8 aliphatic carbocycles. The van der Waals surface area contributed by atoms with Crippen molar-refractivity contribution in [2.45, 2.75) is 177 Å². The number of aromatic nitrogens is 4. The zero-order chi connectivity index (χ0) is 44.0. The summed E-state index contributed by atoms with van der Waals surface area (Å²) in [6, 6.07) is 0. The van der Waals surface area contributed by atoms with Crippen LogP contribution in [0.15, 0.2) is 34.6 Å². The maximum atomic E-state index is 13.4. The molecule has 2 aromatic heterocycles. The molecule has 10 nitrogen and oxygen atoms in total. The average Bonchev–Trinajstić information content (AvgIpc) is 4.02. The molecule has 8 aliphatic rings. The number of hydrogen-bond donors (Lipinski definition) is 2. The third-order valence-corrected chi connectivity index (χ3v) is 21.5. The van der Waals surface area contributed by atoms with Crippen molar-refractivity contribution >= 4 is 33.2 Å². The molecular formula is C50H76N4O6S2. The van der Waals surface area contributed by atoms with Crippen molar-refractivity contribution in [1.29, 1.82) is 0 Å². The highest BCUT2D eigenvalue weighted by atomic mass is 32.2. The van der Waals surface area contributed by atoms with Crippen LogP contribution in [0.2, 0.25) is 0 Å². The molecule has 8 saturated carbocycles. The van der Waals surface area contributed by atoms with Gasteiger partial charge in [0.2, 0.25) is 0 Å². The normalized spacial score (nSPS) is 44.6. The molecular weight excluding hydrogens is 817 g/mol. The van der Waals surface area contributed by atoms with Gasteiger partial charge in [0.15, 0.2) is 21.4 Å². The smallest absolute Gasteiger partial charge is 0.178 e. The first kappa shape index (κ1) is 45.1. The highest BCUT2D eigenvalue weighted by Crippen LogP contribution is 2.66. The fraction of sp³-hybridized carbons (Fsp3) is 0.840. The van der Waals surface area contributed by atoms with Crippen molar-refractivity contribution in [2.24, 2.45) is 81.8 Å². The van der Waals surface area contributed by atoms with Crippen LogP contribution in [0, 0.1) is 81.8 Å². The van der Waals surface area contributed by atoms with Gasteiger partial charge in [-0.3, -0.25) is 19.0 Å². The van der Waals surface area contributed by atoms with Gasteiger partial charge in [-0.05, 0) is 206 Å². The molecule has 344 valence electrons. The van der Waals surface area contributed by atoms with Gasteiger partial charge in [0, 0.05) is 35.4 Å². The monoisotopic (exact) mass is 893 g/mol. The highest BCUT2D eigenvalue weighted by Gasteiger charge is 2.60. The lowest BCUT2D eigenvalue weighted by atomic mass is 9.49. The van der Waals surface area contributed by atoms with Gasteiger partial charge in [-0.15, -0.1) is 11.8 Å². The van der Waals surface area contributed by atoms with E-state index >= 15 is 0 Å². The van der Waals surface area contributed by atoms with Crippen molar-refractivity contribution < 1.29 is 28.2 Å². The van der Waals surface area contributed by atoms with E-state index in [0.29, 0.717) is 30.1 Å². The number of fused-ring (bicyclic) bond motifs is 10.